The number of piperazine rings is 1. The lowest BCUT2D eigenvalue weighted by Gasteiger charge is -2.46. The van der Waals surface area contributed by atoms with Crippen molar-refractivity contribution in [3.05, 3.63) is 29.8 Å². The molecule has 1 aliphatic carbocycles. The van der Waals surface area contributed by atoms with Crippen LogP contribution in [0.15, 0.2) is 24.3 Å². The van der Waals surface area contributed by atoms with Crippen molar-refractivity contribution in [3.63, 3.8) is 0 Å². The van der Waals surface area contributed by atoms with Gasteiger partial charge in [0.05, 0.1) is 6.04 Å². The van der Waals surface area contributed by atoms with Crippen molar-refractivity contribution in [3.8, 4) is 0 Å². The number of amides is 4. The monoisotopic (exact) mass is 471 g/mol. The topological polar surface area (TPSA) is 99.0 Å². The number of carbonyl (C=O) groups is 3. The molecule has 3 N–H and O–H groups in total. The van der Waals surface area contributed by atoms with E-state index in [2.05, 4.69) is 5.32 Å². The summed E-state index contributed by atoms with van der Waals surface area (Å²) in [5.74, 6) is -0.314. The molecule has 1 saturated heterocycles. The minimum Gasteiger partial charge on any atom is -0.378 e. The van der Waals surface area contributed by atoms with Crippen LogP contribution in [0.25, 0.3) is 0 Å². The van der Waals surface area contributed by atoms with Gasteiger partial charge >= 0.3 is 6.03 Å². The molecule has 1 saturated carbocycles. The number of benzene rings is 1. The van der Waals surface area contributed by atoms with E-state index in [4.69, 9.17) is 5.73 Å². The average Bonchev–Trinajstić information content (AvgIpc) is 2.77. The maximum absolute atomic E-state index is 13.7. The van der Waals surface area contributed by atoms with E-state index in [0.29, 0.717) is 19.5 Å². The number of hydrogen-bond donors (Lipinski definition) is 2. The summed E-state index contributed by atoms with van der Waals surface area (Å²) in [6, 6.07) is 6.92. The Morgan fingerprint density at radius 2 is 1.76 bits per heavy atom. The Morgan fingerprint density at radius 3 is 2.32 bits per heavy atom. The fourth-order valence-electron chi connectivity index (χ4n) is 5.14. The summed E-state index contributed by atoms with van der Waals surface area (Å²) < 4.78 is 0. The highest BCUT2D eigenvalue weighted by atomic mass is 16.2. The molecule has 4 amide bonds. The first kappa shape index (κ1) is 25.8. The molecule has 1 aliphatic heterocycles. The number of nitrogens with zero attached hydrogens (tertiary/aromatic N) is 3. The lowest BCUT2D eigenvalue weighted by atomic mass is 9.94. The first-order valence-corrected chi connectivity index (χ1v) is 12.6. The lowest BCUT2D eigenvalue weighted by molar-refractivity contribution is -0.145. The molecular weight excluding hydrogens is 430 g/mol. The molecule has 2 aliphatic rings. The third kappa shape index (κ3) is 6.64. The van der Waals surface area contributed by atoms with Crippen molar-refractivity contribution in [1.29, 1.82) is 0 Å². The number of nitrogens with two attached hydrogens (primary N) is 1. The quantitative estimate of drug-likeness (QED) is 0.609. The molecule has 34 heavy (non-hydrogen) atoms. The Hall–Kier alpha value is -2.77. The second kappa shape index (κ2) is 11.6. The van der Waals surface area contributed by atoms with Gasteiger partial charge in [0.2, 0.25) is 11.8 Å². The largest absolute Gasteiger partial charge is 0.378 e. The van der Waals surface area contributed by atoms with Crippen LogP contribution in [-0.4, -0.2) is 66.4 Å². The van der Waals surface area contributed by atoms with E-state index in [0.717, 1.165) is 36.9 Å². The van der Waals surface area contributed by atoms with Gasteiger partial charge in [0, 0.05) is 45.3 Å². The van der Waals surface area contributed by atoms with Gasteiger partial charge in [-0.1, -0.05) is 45.2 Å². The van der Waals surface area contributed by atoms with Gasteiger partial charge in [-0.2, -0.15) is 0 Å². The van der Waals surface area contributed by atoms with Crippen molar-refractivity contribution < 1.29 is 14.4 Å². The number of rotatable bonds is 8. The molecule has 0 radical (unpaired) electrons. The minimum absolute atomic E-state index is 0.0377. The molecular formula is C26H41N5O3. The summed E-state index contributed by atoms with van der Waals surface area (Å²) in [7, 11) is 3.97. The van der Waals surface area contributed by atoms with Gasteiger partial charge in [-0.25, -0.2) is 4.79 Å². The number of urea groups is 1. The van der Waals surface area contributed by atoms with Crippen LogP contribution in [0.2, 0.25) is 0 Å². The van der Waals surface area contributed by atoms with E-state index >= 15 is 0 Å². The van der Waals surface area contributed by atoms with E-state index < -0.39 is 18.0 Å². The van der Waals surface area contributed by atoms with Gasteiger partial charge in [-0.05, 0) is 42.9 Å². The number of primary amides is 1. The van der Waals surface area contributed by atoms with Crippen LogP contribution in [0.4, 0.5) is 10.5 Å². The standard InChI is InChI=1S/C26H41N5O3/c1-18(2)14-23-25(33)30(16-19-10-12-21(13-11-19)29(3)4)17-22(15-24(27)32)31(23)26(34)28-20-8-6-5-7-9-20/h10-13,18,20,22-23H,5-9,14-17H2,1-4H3,(H2,27,32)(H,28,34). The highest BCUT2D eigenvalue weighted by molar-refractivity contribution is 5.89. The predicted octanol–water partition coefficient (Wildman–Crippen LogP) is 3.10. The van der Waals surface area contributed by atoms with Crippen LogP contribution in [0, 0.1) is 5.92 Å². The van der Waals surface area contributed by atoms with E-state index in [9.17, 15) is 14.4 Å². The molecule has 1 aromatic rings. The van der Waals surface area contributed by atoms with Crippen LogP contribution >= 0.6 is 0 Å². The molecule has 2 atom stereocenters. The zero-order chi connectivity index (χ0) is 24.8. The van der Waals surface area contributed by atoms with Gasteiger partial charge in [0.15, 0.2) is 0 Å². The third-order valence-corrected chi connectivity index (χ3v) is 6.88. The summed E-state index contributed by atoms with van der Waals surface area (Å²) in [6.45, 7) is 4.83. The van der Waals surface area contributed by atoms with Crippen molar-refractivity contribution >= 4 is 23.5 Å². The molecule has 0 aromatic heterocycles. The number of nitrogens with one attached hydrogen (secondary N) is 1. The highest BCUT2D eigenvalue weighted by Crippen LogP contribution is 2.27. The van der Waals surface area contributed by atoms with E-state index in [-0.39, 0.29) is 30.3 Å². The first-order valence-electron chi connectivity index (χ1n) is 12.6. The average molecular weight is 472 g/mol. The van der Waals surface area contributed by atoms with Gasteiger partial charge in [0.1, 0.15) is 6.04 Å². The van der Waals surface area contributed by atoms with Crippen LogP contribution in [0.5, 0.6) is 0 Å². The Bertz CT molecular complexity index is 848. The molecule has 0 spiro atoms. The molecule has 2 fully saturated rings. The number of carbonyl (C=O) groups excluding carboxylic acids is 3. The van der Waals surface area contributed by atoms with E-state index in [1.807, 2.05) is 57.1 Å². The molecule has 8 nitrogen and oxygen atoms in total. The fraction of sp³-hybridized carbons (Fsp3) is 0.654. The maximum atomic E-state index is 13.7. The Kier molecular flexibility index (Phi) is 8.80. The van der Waals surface area contributed by atoms with Gasteiger partial charge in [-0.15, -0.1) is 0 Å². The Morgan fingerprint density at radius 1 is 1.12 bits per heavy atom. The lowest BCUT2D eigenvalue weighted by Crippen LogP contribution is -2.66. The SMILES string of the molecule is CC(C)CC1C(=O)N(Cc2ccc(N(C)C)cc2)CC(CC(N)=O)N1C(=O)NC1CCCCC1. The highest BCUT2D eigenvalue weighted by Gasteiger charge is 2.44. The summed E-state index contributed by atoms with van der Waals surface area (Å²) in [6.07, 6.45) is 5.89. The zero-order valence-electron chi connectivity index (χ0n) is 21.1. The van der Waals surface area contributed by atoms with Gasteiger partial charge < -0.3 is 25.8 Å². The molecule has 2 unspecified atom stereocenters. The first-order chi connectivity index (χ1) is 16.2. The van der Waals surface area contributed by atoms with Crippen LogP contribution in [0.1, 0.15) is 64.4 Å². The molecule has 3 rings (SSSR count). The molecule has 1 aromatic carbocycles. The van der Waals surface area contributed by atoms with Crippen molar-refractivity contribution in [2.75, 3.05) is 25.5 Å². The van der Waals surface area contributed by atoms with Gasteiger partial charge in [0.25, 0.3) is 0 Å². The fourth-order valence-corrected chi connectivity index (χ4v) is 5.14. The number of anilines is 1. The maximum Gasteiger partial charge on any atom is 0.318 e. The van der Waals surface area contributed by atoms with Crippen molar-refractivity contribution in [2.24, 2.45) is 11.7 Å². The van der Waals surface area contributed by atoms with Crippen molar-refractivity contribution in [2.45, 2.75) is 83.5 Å². The molecule has 188 valence electrons. The second-order valence-corrected chi connectivity index (χ2v) is 10.4. The molecule has 8 heteroatoms. The third-order valence-electron chi connectivity index (χ3n) is 6.88. The van der Waals surface area contributed by atoms with Crippen LogP contribution < -0.4 is 16.0 Å². The Balaban J connectivity index is 1.84. The van der Waals surface area contributed by atoms with E-state index in [1.165, 1.54) is 6.42 Å². The van der Waals surface area contributed by atoms with Crippen LogP contribution in [0.3, 0.4) is 0 Å². The minimum atomic E-state index is -0.609. The molecule has 0 bridgehead atoms. The number of hydrogen-bond acceptors (Lipinski definition) is 4. The summed E-state index contributed by atoms with van der Waals surface area (Å²) in [5, 5.41) is 3.16. The second-order valence-electron chi connectivity index (χ2n) is 10.4. The van der Waals surface area contributed by atoms with Crippen LogP contribution in [-0.2, 0) is 16.1 Å². The normalized spacial score (nSPS) is 21.6. The van der Waals surface area contributed by atoms with E-state index in [1.54, 1.807) is 9.80 Å². The summed E-state index contributed by atoms with van der Waals surface area (Å²) >= 11 is 0. The molecule has 1 heterocycles. The zero-order valence-corrected chi connectivity index (χ0v) is 21.1. The summed E-state index contributed by atoms with van der Waals surface area (Å²) in [5.41, 5.74) is 7.69. The van der Waals surface area contributed by atoms with Crippen molar-refractivity contribution in [1.82, 2.24) is 15.1 Å². The smallest absolute Gasteiger partial charge is 0.318 e. The predicted molar refractivity (Wildman–Crippen MR) is 134 cm³/mol. The van der Waals surface area contributed by atoms with Gasteiger partial charge in [-0.3, -0.25) is 9.59 Å². The summed E-state index contributed by atoms with van der Waals surface area (Å²) in [4.78, 5) is 44.5. The Labute approximate surface area is 203 Å².